The van der Waals surface area contributed by atoms with E-state index in [1.807, 2.05) is 6.92 Å². The minimum absolute atomic E-state index is 0.241. The van der Waals surface area contributed by atoms with Crippen molar-refractivity contribution in [3.05, 3.63) is 5.89 Å². The van der Waals surface area contributed by atoms with Crippen molar-refractivity contribution in [2.45, 2.75) is 46.0 Å². The molecule has 0 aliphatic heterocycles. The Bertz CT molecular complexity index is 323. The molecule has 1 aromatic heterocycles. The lowest BCUT2D eigenvalue weighted by Crippen LogP contribution is -2.34. The van der Waals surface area contributed by atoms with E-state index in [4.69, 9.17) is 16.0 Å². The van der Waals surface area contributed by atoms with Crippen molar-refractivity contribution in [2.75, 3.05) is 11.4 Å². The molecule has 1 atom stereocenters. The molecule has 1 unspecified atom stereocenters. The second kappa shape index (κ2) is 5.53. The van der Waals surface area contributed by atoms with Crippen molar-refractivity contribution in [2.24, 2.45) is 5.92 Å². The van der Waals surface area contributed by atoms with Crippen molar-refractivity contribution < 1.29 is 4.42 Å². The van der Waals surface area contributed by atoms with E-state index in [0.717, 1.165) is 6.54 Å². The third kappa shape index (κ3) is 3.37. The monoisotopic (exact) mass is 245 g/mol. The van der Waals surface area contributed by atoms with E-state index in [-0.39, 0.29) is 5.38 Å². The predicted molar refractivity (Wildman–Crippen MR) is 65.9 cm³/mol. The van der Waals surface area contributed by atoms with E-state index in [1.54, 1.807) is 0 Å². The largest absolute Gasteiger partial charge is 0.406 e. The lowest BCUT2D eigenvalue weighted by Gasteiger charge is -2.26. The van der Waals surface area contributed by atoms with Gasteiger partial charge in [0.1, 0.15) is 5.38 Å². The maximum Gasteiger partial charge on any atom is 0.318 e. The van der Waals surface area contributed by atoms with E-state index >= 15 is 0 Å². The zero-order chi connectivity index (χ0) is 12.3. The summed E-state index contributed by atoms with van der Waals surface area (Å²) in [5.41, 5.74) is 0. The Morgan fingerprint density at radius 2 is 1.81 bits per heavy atom. The van der Waals surface area contributed by atoms with Crippen LogP contribution in [0.3, 0.4) is 0 Å². The molecule has 0 aliphatic rings. The first kappa shape index (κ1) is 13.3. The topological polar surface area (TPSA) is 42.2 Å². The number of hydrogen-bond donors (Lipinski definition) is 0. The third-order valence-corrected chi connectivity index (χ3v) is 2.39. The fourth-order valence-electron chi connectivity index (χ4n) is 1.41. The molecule has 16 heavy (non-hydrogen) atoms. The van der Waals surface area contributed by atoms with Crippen molar-refractivity contribution in [1.29, 1.82) is 0 Å². The average molecular weight is 246 g/mol. The van der Waals surface area contributed by atoms with Gasteiger partial charge in [-0.15, -0.1) is 16.7 Å². The van der Waals surface area contributed by atoms with Gasteiger partial charge < -0.3 is 9.32 Å². The van der Waals surface area contributed by atoms with Crippen LogP contribution >= 0.6 is 11.6 Å². The van der Waals surface area contributed by atoms with Crippen LogP contribution in [0.2, 0.25) is 0 Å². The molecule has 0 saturated carbocycles. The molecular weight excluding hydrogens is 226 g/mol. The number of alkyl halides is 1. The van der Waals surface area contributed by atoms with Crippen molar-refractivity contribution in [3.8, 4) is 0 Å². The van der Waals surface area contributed by atoms with Crippen molar-refractivity contribution in [1.82, 2.24) is 10.2 Å². The normalized spacial score (nSPS) is 13.5. The third-order valence-electron chi connectivity index (χ3n) is 2.20. The van der Waals surface area contributed by atoms with Crippen LogP contribution in [0.4, 0.5) is 6.01 Å². The number of nitrogens with zero attached hydrogens (tertiary/aromatic N) is 3. The number of rotatable bonds is 5. The van der Waals surface area contributed by atoms with Gasteiger partial charge in [0, 0.05) is 12.6 Å². The molecule has 0 spiro atoms. The molecule has 5 heteroatoms. The Morgan fingerprint density at radius 1 is 1.19 bits per heavy atom. The highest BCUT2D eigenvalue weighted by atomic mass is 35.5. The fraction of sp³-hybridized carbons (Fsp3) is 0.818. The molecule has 1 aromatic rings. The highest BCUT2D eigenvalue weighted by molar-refractivity contribution is 6.20. The van der Waals surface area contributed by atoms with Gasteiger partial charge in [-0.05, 0) is 26.7 Å². The summed E-state index contributed by atoms with van der Waals surface area (Å²) in [4.78, 5) is 2.10. The number of anilines is 1. The van der Waals surface area contributed by atoms with Crippen LogP contribution in [0.5, 0.6) is 0 Å². The Balaban J connectivity index is 2.84. The smallest absolute Gasteiger partial charge is 0.318 e. The fourth-order valence-corrected chi connectivity index (χ4v) is 1.49. The molecule has 0 amide bonds. The van der Waals surface area contributed by atoms with E-state index in [9.17, 15) is 0 Å². The van der Waals surface area contributed by atoms with Gasteiger partial charge in [0.15, 0.2) is 0 Å². The Kier molecular flexibility index (Phi) is 4.59. The second-order valence-corrected chi connectivity index (χ2v) is 5.33. The molecule has 0 N–H and O–H groups in total. The number of halogens is 1. The van der Waals surface area contributed by atoms with Crippen LogP contribution in [0, 0.1) is 5.92 Å². The van der Waals surface area contributed by atoms with Crippen molar-refractivity contribution in [3.63, 3.8) is 0 Å². The van der Waals surface area contributed by atoms with Crippen LogP contribution in [0.1, 0.15) is 45.9 Å². The SMILES string of the molecule is CC(C)CN(c1nnc(C(C)Cl)o1)C(C)C. The highest BCUT2D eigenvalue weighted by Crippen LogP contribution is 2.23. The zero-order valence-corrected chi connectivity index (χ0v) is 11.3. The number of aromatic nitrogens is 2. The molecule has 0 bridgehead atoms. The van der Waals surface area contributed by atoms with Gasteiger partial charge in [0.25, 0.3) is 0 Å². The predicted octanol–water partition coefficient (Wildman–Crippen LogP) is 3.24. The van der Waals surface area contributed by atoms with Crippen LogP contribution in [0.25, 0.3) is 0 Å². The maximum absolute atomic E-state index is 5.89. The Morgan fingerprint density at radius 3 is 2.19 bits per heavy atom. The van der Waals surface area contributed by atoms with Gasteiger partial charge in [0.05, 0.1) is 0 Å². The van der Waals surface area contributed by atoms with Gasteiger partial charge in [-0.1, -0.05) is 18.9 Å². The summed E-state index contributed by atoms with van der Waals surface area (Å²) < 4.78 is 5.54. The molecule has 1 rings (SSSR count). The summed E-state index contributed by atoms with van der Waals surface area (Å²) in [5.74, 6) is 1.03. The van der Waals surface area contributed by atoms with Gasteiger partial charge in [-0.25, -0.2) is 0 Å². The molecule has 0 radical (unpaired) electrons. The summed E-state index contributed by atoms with van der Waals surface area (Å²) in [6.45, 7) is 11.3. The van der Waals surface area contributed by atoms with E-state index in [0.29, 0.717) is 23.9 Å². The average Bonchev–Trinajstić information content (AvgIpc) is 2.61. The van der Waals surface area contributed by atoms with Gasteiger partial charge in [0.2, 0.25) is 5.89 Å². The van der Waals surface area contributed by atoms with E-state index in [1.165, 1.54) is 0 Å². The minimum atomic E-state index is -0.241. The minimum Gasteiger partial charge on any atom is -0.406 e. The molecule has 1 heterocycles. The summed E-state index contributed by atoms with van der Waals surface area (Å²) >= 11 is 5.89. The second-order valence-electron chi connectivity index (χ2n) is 4.68. The van der Waals surface area contributed by atoms with Crippen LogP contribution < -0.4 is 4.90 Å². The van der Waals surface area contributed by atoms with E-state index < -0.39 is 0 Å². The van der Waals surface area contributed by atoms with Gasteiger partial charge in [-0.2, -0.15) is 0 Å². The zero-order valence-electron chi connectivity index (χ0n) is 10.6. The van der Waals surface area contributed by atoms with Crippen LogP contribution in [-0.2, 0) is 0 Å². The molecule has 0 saturated heterocycles. The quantitative estimate of drug-likeness (QED) is 0.747. The van der Waals surface area contributed by atoms with Crippen molar-refractivity contribution >= 4 is 17.6 Å². The molecule has 0 aliphatic carbocycles. The highest BCUT2D eigenvalue weighted by Gasteiger charge is 2.19. The van der Waals surface area contributed by atoms with Crippen LogP contribution in [0.15, 0.2) is 4.42 Å². The van der Waals surface area contributed by atoms with Crippen LogP contribution in [-0.4, -0.2) is 22.8 Å². The molecule has 4 nitrogen and oxygen atoms in total. The summed E-state index contributed by atoms with van der Waals surface area (Å²) in [6, 6.07) is 0.896. The lowest BCUT2D eigenvalue weighted by molar-refractivity contribution is 0.454. The standard InChI is InChI=1S/C11H20ClN3O/c1-7(2)6-15(8(3)4)11-14-13-10(16-11)9(5)12/h7-9H,6H2,1-5H3. The molecule has 0 fully saturated rings. The molecular formula is C11H20ClN3O. The first-order valence-corrected chi connectivity index (χ1v) is 6.09. The summed E-state index contributed by atoms with van der Waals surface area (Å²) in [5, 5.41) is 7.73. The summed E-state index contributed by atoms with van der Waals surface area (Å²) in [6.07, 6.45) is 0. The first-order valence-electron chi connectivity index (χ1n) is 5.66. The van der Waals surface area contributed by atoms with Gasteiger partial charge >= 0.3 is 6.01 Å². The van der Waals surface area contributed by atoms with E-state index in [2.05, 4.69) is 42.8 Å². The lowest BCUT2D eigenvalue weighted by atomic mass is 10.2. The number of hydrogen-bond acceptors (Lipinski definition) is 4. The first-order chi connectivity index (χ1) is 7.41. The summed E-state index contributed by atoms with van der Waals surface area (Å²) in [7, 11) is 0. The molecule has 0 aromatic carbocycles. The Labute approximate surface area is 102 Å². The molecule has 92 valence electrons. The van der Waals surface area contributed by atoms with Gasteiger partial charge in [-0.3, -0.25) is 0 Å². The Hall–Kier alpha value is -0.770. The maximum atomic E-state index is 5.89.